The van der Waals surface area contributed by atoms with Crippen LogP contribution in [0, 0.1) is 5.92 Å². The Bertz CT molecular complexity index is 591. The maximum atomic E-state index is 5.84. The summed E-state index contributed by atoms with van der Waals surface area (Å²) in [6.45, 7) is 3.24. The third-order valence-electron chi connectivity index (χ3n) is 4.43. The van der Waals surface area contributed by atoms with E-state index in [2.05, 4.69) is 54.7 Å². The smallest absolute Gasteiger partial charge is 0.0794 e. The van der Waals surface area contributed by atoms with Crippen LogP contribution in [0.4, 0.5) is 0 Å². The lowest BCUT2D eigenvalue weighted by Crippen LogP contribution is -2.35. The van der Waals surface area contributed by atoms with Crippen molar-refractivity contribution in [3.8, 4) is 0 Å². The van der Waals surface area contributed by atoms with Gasteiger partial charge in [0.1, 0.15) is 0 Å². The largest absolute Gasteiger partial charge is 0.379 e. The van der Waals surface area contributed by atoms with E-state index in [-0.39, 0.29) is 6.10 Å². The second-order valence-corrected chi connectivity index (χ2v) is 6.08. The minimum atomic E-state index is 0.290. The van der Waals surface area contributed by atoms with Crippen LogP contribution in [0.5, 0.6) is 0 Å². The second-order valence-electron chi connectivity index (χ2n) is 6.08. The Morgan fingerprint density at radius 1 is 1.14 bits per heavy atom. The lowest BCUT2D eigenvalue weighted by atomic mass is 9.95. The van der Waals surface area contributed by atoms with Gasteiger partial charge in [-0.25, -0.2) is 0 Å². The molecule has 0 spiro atoms. The number of methoxy groups -OCH3 is 1. The van der Waals surface area contributed by atoms with Crippen LogP contribution in [-0.2, 0) is 4.74 Å². The van der Waals surface area contributed by atoms with E-state index >= 15 is 0 Å². The number of hydrogen-bond donors (Lipinski definition) is 1. The molecule has 0 amide bonds. The molecular weight excluding hydrogens is 258 g/mol. The zero-order chi connectivity index (χ0) is 14.7. The summed E-state index contributed by atoms with van der Waals surface area (Å²) in [5, 5.41) is 6.31. The molecule has 0 aromatic heterocycles. The highest BCUT2D eigenvalue weighted by atomic mass is 16.5. The van der Waals surface area contributed by atoms with Crippen LogP contribution < -0.4 is 5.32 Å². The van der Waals surface area contributed by atoms with Crippen LogP contribution in [0.25, 0.3) is 10.8 Å². The van der Waals surface area contributed by atoms with Gasteiger partial charge in [-0.05, 0) is 54.1 Å². The number of nitrogens with one attached hydrogen (secondary N) is 1. The molecule has 3 rings (SSSR count). The van der Waals surface area contributed by atoms with Crippen LogP contribution in [-0.4, -0.2) is 19.8 Å². The lowest BCUT2D eigenvalue weighted by Gasteiger charge is -2.28. The molecular formula is C19H25NO. The quantitative estimate of drug-likeness (QED) is 0.817. The molecule has 1 N–H and O–H groups in total. The molecule has 2 nitrogen and oxygen atoms in total. The predicted molar refractivity (Wildman–Crippen MR) is 88.5 cm³/mol. The molecule has 1 aliphatic rings. The maximum absolute atomic E-state index is 5.84. The van der Waals surface area contributed by atoms with Gasteiger partial charge in [0.05, 0.1) is 12.1 Å². The zero-order valence-corrected chi connectivity index (χ0v) is 13.0. The molecule has 21 heavy (non-hydrogen) atoms. The van der Waals surface area contributed by atoms with Crippen LogP contribution >= 0.6 is 0 Å². The van der Waals surface area contributed by atoms with Crippen molar-refractivity contribution in [3.63, 3.8) is 0 Å². The fourth-order valence-electron chi connectivity index (χ4n) is 3.15. The fraction of sp³-hybridized carbons (Fsp3) is 0.474. The van der Waals surface area contributed by atoms with E-state index in [0.29, 0.717) is 6.04 Å². The SMILES string of the molecule is CCCNC(c1ccc2ccccc2c1)C(OC)C1CC1. The van der Waals surface area contributed by atoms with E-state index in [1.54, 1.807) is 0 Å². The Labute approximate surface area is 127 Å². The van der Waals surface area contributed by atoms with Crippen molar-refractivity contribution in [2.24, 2.45) is 5.92 Å². The highest BCUT2D eigenvalue weighted by Gasteiger charge is 2.37. The standard InChI is InChI=1S/C19H25NO/c1-3-12-20-18(19(21-2)15-9-10-15)17-11-8-14-6-4-5-7-16(14)13-17/h4-8,11,13,15,18-20H,3,9-10,12H2,1-2H3. The molecule has 2 aromatic carbocycles. The van der Waals surface area contributed by atoms with Crippen LogP contribution in [0.3, 0.4) is 0 Å². The summed E-state index contributed by atoms with van der Waals surface area (Å²) in [5.74, 6) is 0.718. The van der Waals surface area contributed by atoms with E-state index in [1.165, 1.54) is 29.2 Å². The molecule has 1 fully saturated rings. The van der Waals surface area contributed by atoms with E-state index in [4.69, 9.17) is 4.74 Å². The highest BCUT2D eigenvalue weighted by molar-refractivity contribution is 5.83. The number of fused-ring (bicyclic) bond motifs is 1. The Balaban J connectivity index is 1.92. The summed E-state index contributed by atoms with van der Waals surface area (Å²) < 4.78 is 5.84. The van der Waals surface area contributed by atoms with Crippen LogP contribution in [0.15, 0.2) is 42.5 Å². The molecule has 2 heteroatoms. The van der Waals surface area contributed by atoms with Gasteiger partial charge in [-0.1, -0.05) is 43.3 Å². The molecule has 0 radical (unpaired) electrons. The maximum Gasteiger partial charge on any atom is 0.0794 e. The Hall–Kier alpha value is -1.38. The van der Waals surface area contributed by atoms with Crippen molar-refractivity contribution in [2.75, 3.05) is 13.7 Å². The number of rotatable bonds is 7. The van der Waals surface area contributed by atoms with E-state index in [1.807, 2.05) is 7.11 Å². The Morgan fingerprint density at radius 2 is 1.90 bits per heavy atom. The minimum Gasteiger partial charge on any atom is -0.379 e. The van der Waals surface area contributed by atoms with Gasteiger partial charge in [0, 0.05) is 7.11 Å². The van der Waals surface area contributed by atoms with Gasteiger partial charge in [-0.2, -0.15) is 0 Å². The normalized spacial score (nSPS) is 17.8. The molecule has 0 saturated heterocycles. The number of hydrogen-bond acceptors (Lipinski definition) is 2. The van der Waals surface area contributed by atoms with Crippen LogP contribution in [0.1, 0.15) is 37.8 Å². The predicted octanol–water partition coefficient (Wildman–Crippen LogP) is 4.31. The van der Waals surface area contributed by atoms with E-state index in [0.717, 1.165) is 18.9 Å². The molecule has 2 aromatic rings. The van der Waals surface area contributed by atoms with Gasteiger partial charge < -0.3 is 10.1 Å². The Kier molecular flexibility index (Phi) is 4.57. The second kappa shape index (κ2) is 6.59. The van der Waals surface area contributed by atoms with Crippen molar-refractivity contribution in [1.29, 1.82) is 0 Å². The molecule has 2 unspecified atom stereocenters. The van der Waals surface area contributed by atoms with Crippen molar-refractivity contribution in [1.82, 2.24) is 5.32 Å². The summed E-state index contributed by atoms with van der Waals surface area (Å²) in [5.41, 5.74) is 1.35. The van der Waals surface area contributed by atoms with Gasteiger partial charge in [-0.15, -0.1) is 0 Å². The van der Waals surface area contributed by atoms with Crippen molar-refractivity contribution in [2.45, 2.75) is 38.3 Å². The first-order valence-electron chi connectivity index (χ1n) is 8.08. The molecule has 1 saturated carbocycles. The molecule has 1 aliphatic carbocycles. The topological polar surface area (TPSA) is 21.3 Å². The lowest BCUT2D eigenvalue weighted by molar-refractivity contribution is 0.0507. The summed E-state index contributed by atoms with van der Waals surface area (Å²) in [6.07, 6.45) is 4.04. The average molecular weight is 283 g/mol. The molecule has 2 atom stereocenters. The average Bonchev–Trinajstić information content (AvgIpc) is 3.35. The zero-order valence-electron chi connectivity index (χ0n) is 13.0. The summed E-state index contributed by atoms with van der Waals surface area (Å²) >= 11 is 0. The van der Waals surface area contributed by atoms with E-state index < -0.39 is 0 Å². The van der Waals surface area contributed by atoms with E-state index in [9.17, 15) is 0 Å². The third kappa shape index (κ3) is 3.28. The van der Waals surface area contributed by atoms with Crippen molar-refractivity contribution < 1.29 is 4.74 Å². The molecule has 0 bridgehead atoms. The van der Waals surface area contributed by atoms with Gasteiger partial charge in [-0.3, -0.25) is 0 Å². The third-order valence-corrected chi connectivity index (χ3v) is 4.43. The van der Waals surface area contributed by atoms with Gasteiger partial charge >= 0.3 is 0 Å². The van der Waals surface area contributed by atoms with Gasteiger partial charge in [0.25, 0.3) is 0 Å². The summed E-state index contributed by atoms with van der Waals surface area (Å²) in [7, 11) is 1.85. The minimum absolute atomic E-state index is 0.290. The van der Waals surface area contributed by atoms with Gasteiger partial charge in [0.2, 0.25) is 0 Å². The Morgan fingerprint density at radius 3 is 2.57 bits per heavy atom. The molecule has 0 heterocycles. The van der Waals surface area contributed by atoms with Gasteiger partial charge in [0.15, 0.2) is 0 Å². The summed E-state index contributed by atoms with van der Waals surface area (Å²) in [4.78, 5) is 0. The molecule has 112 valence electrons. The number of ether oxygens (including phenoxy) is 1. The molecule has 0 aliphatic heterocycles. The first kappa shape index (κ1) is 14.6. The fourth-order valence-corrected chi connectivity index (χ4v) is 3.15. The highest BCUT2D eigenvalue weighted by Crippen LogP contribution is 2.40. The van der Waals surface area contributed by atoms with Crippen LogP contribution in [0.2, 0.25) is 0 Å². The van der Waals surface area contributed by atoms with Crippen molar-refractivity contribution in [3.05, 3.63) is 48.0 Å². The summed E-state index contributed by atoms with van der Waals surface area (Å²) in [6, 6.07) is 15.7. The monoisotopic (exact) mass is 283 g/mol. The van der Waals surface area contributed by atoms with Crippen molar-refractivity contribution >= 4 is 10.8 Å². The first-order valence-corrected chi connectivity index (χ1v) is 8.08. The first-order chi connectivity index (χ1) is 10.3. The number of benzene rings is 2.